The molecule has 0 amide bonds. The Labute approximate surface area is 111 Å². The summed E-state index contributed by atoms with van der Waals surface area (Å²) in [6.45, 7) is 6.34. The van der Waals surface area contributed by atoms with Gasteiger partial charge in [-0.3, -0.25) is 0 Å². The SMILES string of the molecule is CCC(CN1CC2CCCC2C1)c1ccccc1. The molecule has 0 bridgehead atoms. The lowest BCUT2D eigenvalue weighted by Crippen LogP contribution is -2.27. The molecule has 18 heavy (non-hydrogen) atoms. The summed E-state index contributed by atoms with van der Waals surface area (Å²) >= 11 is 0. The molecule has 1 aliphatic heterocycles. The summed E-state index contributed by atoms with van der Waals surface area (Å²) in [6, 6.07) is 11.1. The Balaban J connectivity index is 1.61. The maximum atomic E-state index is 2.73. The molecule has 1 saturated carbocycles. The molecule has 1 aromatic rings. The molecule has 1 saturated heterocycles. The van der Waals surface area contributed by atoms with E-state index in [1.54, 1.807) is 0 Å². The van der Waals surface area contributed by atoms with Crippen LogP contribution in [0.25, 0.3) is 0 Å². The first-order chi connectivity index (χ1) is 8.86. The molecule has 3 rings (SSSR count). The van der Waals surface area contributed by atoms with Gasteiger partial charge in [-0.15, -0.1) is 0 Å². The fourth-order valence-electron chi connectivity index (χ4n) is 3.99. The minimum atomic E-state index is 0.727. The number of fused-ring (bicyclic) bond motifs is 1. The van der Waals surface area contributed by atoms with Crippen molar-refractivity contribution in [3.63, 3.8) is 0 Å². The summed E-state index contributed by atoms with van der Waals surface area (Å²) in [7, 11) is 0. The average molecular weight is 243 g/mol. The molecule has 98 valence electrons. The summed E-state index contributed by atoms with van der Waals surface area (Å²) in [5, 5.41) is 0. The summed E-state index contributed by atoms with van der Waals surface area (Å²) in [5.41, 5.74) is 1.53. The molecule has 0 N–H and O–H groups in total. The number of nitrogens with zero attached hydrogens (tertiary/aromatic N) is 1. The lowest BCUT2D eigenvalue weighted by molar-refractivity contribution is 0.287. The highest BCUT2D eigenvalue weighted by Crippen LogP contribution is 2.38. The predicted octanol–water partition coefficient (Wildman–Crippen LogP) is 3.91. The zero-order chi connectivity index (χ0) is 12.4. The van der Waals surface area contributed by atoms with Crippen molar-refractivity contribution < 1.29 is 0 Å². The monoisotopic (exact) mass is 243 g/mol. The molecule has 2 fully saturated rings. The number of benzene rings is 1. The van der Waals surface area contributed by atoms with Gasteiger partial charge < -0.3 is 4.90 Å². The Morgan fingerprint density at radius 1 is 1.11 bits per heavy atom. The second-order valence-electron chi connectivity index (χ2n) is 6.19. The van der Waals surface area contributed by atoms with Gasteiger partial charge in [0, 0.05) is 19.6 Å². The van der Waals surface area contributed by atoms with E-state index in [0.717, 1.165) is 17.8 Å². The third kappa shape index (κ3) is 2.47. The maximum absolute atomic E-state index is 2.73. The fourth-order valence-corrected chi connectivity index (χ4v) is 3.99. The molecular weight excluding hydrogens is 218 g/mol. The highest BCUT2D eigenvalue weighted by Gasteiger charge is 2.36. The molecule has 1 aromatic carbocycles. The third-order valence-electron chi connectivity index (χ3n) is 5.04. The van der Waals surface area contributed by atoms with Gasteiger partial charge in [-0.05, 0) is 42.6 Å². The number of likely N-dealkylation sites (tertiary alicyclic amines) is 1. The van der Waals surface area contributed by atoms with E-state index >= 15 is 0 Å². The normalized spacial score (nSPS) is 29.4. The van der Waals surface area contributed by atoms with Crippen molar-refractivity contribution in [3.8, 4) is 0 Å². The van der Waals surface area contributed by atoms with Crippen LogP contribution < -0.4 is 0 Å². The van der Waals surface area contributed by atoms with Crippen molar-refractivity contribution >= 4 is 0 Å². The molecule has 1 aliphatic carbocycles. The lowest BCUT2D eigenvalue weighted by Gasteiger charge is -2.23. The summed E-state index contributed by atoms with van der Waals surface area (Å²) in [4.78, 5) is 2.73. The molecule has 3 unspecified atom stereocenters. The van der Waals surface area contributed by atoms with E-state index in [1.165, 1.54) is 50.9 Å². The largest absolute Gasteiger partial charge is 0.302 e. The highest BCUT2D eigenvalue weighted by atomic mass is 15.2. The van der Waals surface area contributed by atoms with E-state index in [-0.39, 0.29) is 0 Å². The van der Waals surface area contributed by atoms with E-state index < -0.39 is 0 Å². The van der Waals surface area contributed by atoms with Gasteiger partial charge in [-0.25, -0.2) is 0 Å². The van der Waals surface area contributed by atoms with Gasteiger partial charge in [0.2, 0.25) is 0 Å². The average Bonchev–Trinajstić information content (AvgIpc) is 2.97. The summed E-state index contributed by atoms with van der Waals surface area (Å²) in [5.74, 6) is 2.78. The Kier molecular flexibility index (Phi) is 3.69. The summed E-state index contributed by atoms with van der Waals surface area (Å²) in [6.07, 6.45) is 5.72. The quantitative estimate of drug-likeness (QED) is 0.775. The van der Waals surface area contributed by atoms with Crippen LogP contribution >= 0.6 is 0 Å². The Morgan fingerprint density at radius 2 is 1.78 bits per heavy atom. The van der Waals surface area contributed by atoms with Crippen molar-refractivity contribution in [1.29, 1.82) is 0 Å². The van der Waals surface area contributed by atoms with Crippen molar-refractivity contribution in [3.05, 3.63) is 35.9 Å². The van der Waals surface area contributed by atoms with Gasteiger partial charge in [0.1, 0.15) is 0 Å². The molecule has 1 heterocycles. The van der Waals surface area contributed by atoms with E-state index in [2.05, 4.69) is 42.2 Å². The van der Waals surface area contributed by atoms with Crippen LogP contribution in [-0.4, -0.2) is 24.5 Å². The third-order valence-corrected chi connectivity index (χ3v) is 5.04. The van der Waals surface area contributed by atoms with Crippen molar-refractivity contribution in [1.82, 2.24) is 4.90 Å². The lowest BCUT2D eigenvalue weighted by atomic mass is 9.96. The second kappa shape index (κ2) is 5.44. The smallest absolute Gasteiger partial charge is 0.00504 e. The van der Waals surface area contributed by atoms with Crippen LogP contribution in [0, 0.1) is 11.8 Å². The zero-order valence-electron chi connectivity index (χ0n) is 11.5. The van der Waals surface area contributed by atoms with Gasteiger partial charge in [0.15, 0.2) is 0 Å². The number of hydrogen-bond donors (Lipinski definition) is 0. The Hall–Kier alpha value is -0.820. The molecule has 3 atom stereocenters. The van der Waals surface area contributed by atoms with Crippen LogP contribution in [0.15, 0.2) is 30.3 Å². The van der Waals surface area contributed by atoms with Crippen LogP contribution in [0.1, 0.15) is 44.1 Å². The van der Waals surface area contributed by atoms with Crippen LogP contribution in [0.2, 0.25) is 0 Å². The predicted molar refractivity (Wildman–Crippen MR) is 76.7 cm³/mol. The topological polar surface area (TPSA) is 3.24 Å². The molecule has 0 aromatic heterocycles. The number of rotatable bonds is 4. The molecule has 1 heteroatoms. The minimum Gasteiger partial charge on any atom is -0.302 e. The minimum absolute atomic E-state index is 0.727. The van der Waals surface area contributed by atoms with Gasteiger partial charge in [0.05, 0.1) is 0 Å². The fraction of sp³-hybridized carbons (Fsp3) is 0.647. The van der Waals surface area contributed by atoms with Gasteiger partial charge >= 0.3 is 0 Å². The first kappa shape index (κ1) is 12.2. The van der Waals surface area contributed by atoms with Crippen LogP contribution in [0.3, 0.4) is 0 Å². The number of hydrogen-bond acceptors (Lipinski definition) is 1. The first-order valence-corrected chi connectivity index (χ1v) is 7.64. The molecule has 2 aliphatic rings. The van der Waals surface area contributed by atoms with Crippen LogP contribution in [0.5, 0.6) is 0 Å². The van der Waals surface area contributed by atoms with Gasteiger partial charge in [-0.2, -0.15) is 0 Å². The van der Waals surface area contributed by atoms with Crippen LogP contribution in [0.4, 0.5) is 0 Å². The van der Waals surface area contributed by atoms with Crippen molar-refractivity contribution in [2.24, 2.45) is 11.8 Å². The van der Waals surface area contributed by atoms with E-state index in [9.17, 15) is 0 Å². The molecular formula is C17H25N. The van der Waals surface area contributed by atoms with E-state index in [4.69, 9.17) is 0 Å². The summed E-state index contributed by atoms with van der Waals surface area (Å²) < 4.78 is 0. The van der Waals surface area contributed by atoms with Gasteiger partial charge in [-0.1, -0.05) is 43.7 Å². The van der Waals surface area contributed by atoms with Crippen LogP contribution in [-0.2, 0) is 0 Å². The molecule has 0 spiro atoms. The van der Waals surface area contributed by atoms with Crippen molar-refractivity contribution in [2.45, 2.75) is 38.5 Å². The first-order valence-electron chi connectivity index (χ1n) is 7.64. The zero-order valence-corrected chi connectivity index (χ0v) is 11.5. The Morgan fingerprint density at radius 3 is 2.39 bits per heavy atom. The van der Waals surface area contributed by atoms with E-state index in [0.29, 0.717) is 0 Å². The van der Waals surface area contributed by atoms with Gasteiger partial charge in [0.25, 0.3) is 0 Å². The van der Waals surface area contributed by atoms with Crippen molar-refractivity contribution in [2.75, 3.05) is 19.6 Å². The highest BCUT2D eigenvalue weighted by molar-refractivity contribution is 5.19. The van der Waals surface area contributed by atoms with E-state index in [1.807, 2.05) is 0 Å². The molecule has 1 nitrogen and oxygen atoms in total. The maximum Gasteiger partial charge on any atom is 0.00504 e. The second-order valence-corrected chi connectivity index (χ2v) is 6.19. The standard InChI is InChI=1S/C17H25N/c1-2-14(15-7-4-3-5-8-15)11-18-12-16-9-6-10-17(16)13-18/h3-5,7-8,14,16-17H,2,6,9-13H2,1H3. The molecule has 0 radical (unpaired) electrons. The Bertz CT molecular complexity index is 360.